The van der Waals surface area contributed by atoms with Gasteiger partial charge < -0.3 is 9.67 Å². The van der Waals surface area contributed by atoms with Gasteiger partial charge in [0.25, 0.3) is 5.91 Å². The Morgan fingerprint density at radius 1 is 1.12 bits per heavy atom. The Balaban J connectivity index is 1.65. The van der Waals surface area contributed by atoms with Gasteiger partial charge in [0.1, 0.15) is 0 Å². The number of thioether (sulfide) groups is 1. The molecule has 0 aliphatic rings. The third kappa shape index (κ3) is 3.49. The van der Waals surface area contributed by atoms with Crippen molar-refractivity contribution in [3.63, 3.8) is 0 Å². The molecule has 0 saturated heterocycles. The van der Waals surface area contributed by atoms with Gasteiger partial charge in [-0.05, 0) is 11.6 Å². The fourth-order valence-corrected chi connectivity index (χ4v) is 3.19. The van der Waals surface area contributed by atoms with E-state index in [2.05, 4.69) is 10.2 Å². The summed E-state index contributed by atoms with van der Waals surface area (Å²) in [6.07, 6.45) is 0. The van der Waals surface area contributed by atoms with Gasteiger partial charge in [-0.3, -0.25) is 4.79 Å². The van der Waals surface area contributed by atoms with E-state index in [1.54, 1.807) is 11.6 Å². The van der Waals surface area contributed by atoms with Gasteiger partial charge in [0, 0.05) is 18.2 Å². The molecule has 0 atom stereocenters. The number of fused-ring (bicyclic) bond motifs is 1. The first kappa shape index (κ1) is 16.3. The Labute approximate surface area is 144 Å². The molecule has 0 saturated carbocycles. The van der Waals surface area contributed by atoms with Gasteiger partial charge >= 0.3 is 0 Å². The predicted molar refractivity (Wildman–Crippen MR) is 96.7 cm³/mol. The summed E-state index contributed by atoms with van der Waals surface area (Å²) in [6, 6.07) is 17.4. The molecule has 6 heteroatoms. The van der Waals surface area contributed by atoms with E-state index in [1.165, 1.54) is 17.3 Å². The second-order valence-corrected chi connectivity index (χ2v) is 6.31. The minimum Gasteiger partial charge on any atom is -0.493 e. The smallest absolute Gasteiger partial charge is 0.274 e. The third-order valence-corrected chi connectivity index (χ3v) is 4.64. The van der Waals surface area contributed by atoms with Gasteiger partial charge in [0.2, 0.25) is 5.88 Å². The van der Waals surface area contributed by atoms with Crippen LogP contribution in [0.25, 0.3) is 10.9 Å². The average Bonchev–Trinajstić information content (AvgIpc) is 2.85. The average molecular weight is 339 g/mol. The van der Waals surface area contributed by atoms with E-state index in [9.17, 15) is 9.90 Å². The molecule has 122 valence electrons. The van der Waals surface area contributed by atoms with Crippen LogP contribution in [0.4, 0.5) is 5.69 Å². The Hall–Kier alpha value is -2.60. The molecule has 0 fully saturated rings. The number of benzene rings is 2. The molecule has 2 aromatic carbocycles. The topological polar surface area (TPSA) is 66.9 Å². The molecule has 5 nitrogen and oxygen atoms in total. The summed E-state index contributed by atoms with van der Waals surface area (Å²) in [5.74, 6) is 0.693. The quantitative estimate of drug-likeness (QED) is 0.699. The van der Waals surface area contributed by atoms with Crippen molar-refractivity contribution in [2.75, 3.05) is 5.75 Å². The minimum absolute atomic E-state index is 0.00434. The number of hydrogen-bond donors (Lipinski definition) is 1. The summed E-state index contributed by atoms with van der Waals surface area (Å²) >= 11 is 1.49. The maximum atomic E-state index is 11.9. The van der Waals surface area contributed by atoms with E-state index in [-0.39, 0.29) is 17.5 Å². The molecular formula is C18H17N3O2S. The third-order valence-electron chi connectivity index (χ3n) is 3.65. The fourth-order valence-electron chi connectivity index (χ4n) is 2.42. The van der Waals surface area contributed by atoms with Gasteiger partial charge in [-0.1, -0.05) is 48.5 Å². The van der Waals surface area contributed by atoms with Crippen molar-refractivity contribution in [3.8, 4) is 5.88 Å². The number of hydrogen-bond acceptors (Lipinski definition) is 4. The lowest BCUT2D eigenvalue weighted by atomic mass is 10.2. The van der Waals surface area contributed by atoms with Crippen LogP contribution in [0.1, 0.15) is 5.56 Å². The zero-order chi connectivity index (χ0) is 16.9. The Morgan fingerprint density at radius 2 is 1.83 bits per heavy atom. The molecule has 1 N–H and O–H groups in total. The van der Waals surface area contributed by atoms with Crippen LogP contribution >= 0.6 is 11.8 Å². The molecule has 0 spiro atoms. The summed E-state index contributed by atoms with van der Waals surface area (Å²) in [5, 5.41) is 18.6. The molecular weight excluding hydrogens is 322 g/mol. The monoisotopic (exact) mass is 339 g/mol. The first-order chi connectivity index (χ1) is 11.7. The van der Waals surface area contributed by atoms with Gasteiger partial charge in [0.15, 0.2) is 5.69 Å². The van der Waals surface area contributed by atoms with Crippen LogP contribution in [-0.2, 0) is 17.6 Å². The maximum Gasteiger partial charge on any atom is 0.274 e. The van der Waals surface area contributed by atoms with Crippen LogP contribution < -0.4 is 0 Å². The molecule has 3 aromatic rings. The van der Waals surface area contributed by atoms with Crippen molar-refractivity contribution in [2.24, 2.45) is 17.3 Å². The molecule has 0 bridgehead atoms. The number of carbonyl (C=O) groups is 1. The number of aryl methyl sites for hydroxylation is 1. The van der Waals surface area contributed by atoms with Crippen LogP contribution in [0.2, 0.25) is 0 Å². The van der Waals surface area contributed by atoms with Crippen molar-refractivity contribution in [2.45, 2.75) is 5.75 Å². The number of rotatable bonds is 5. The van der Waals surface area contributed by atoms with Gasteiger partial charge in [-0.15, -0.1) is 22.0 Å². The van der Waals surface area contributed by atoms with Crippen LogP contribution in [-0.4, -0.2) is 21.3 Å². The Bertz CT molecular complexity index is 888. The number of amides is 1. The van der Waals surface area contributed by atoms with E-state index in [1.807, 2.05) is 54.6 Å². The minimum atomic E-state index is -0.316. The number of aromatic nitrogens is 1. The second kappa shape index (κ2) is 7.31. The lowest BCUT2D eigenvalue weighted by Crippen LogP contribution is -1.96. The molecule has 0 unspecified atom stereocenters. The number of carbonyl (C=O) groups excluding carboxylic acids is 1. The number of aromatic hydroxyl groups is 1. The normalized spacial score (nSPS) is 11.4. The highest BCUT2D eigenvalue weighted by atomic mass is 32.2. The SMILES string of the molecule is Cn1c(O)c(N=NC(=O)CSCc2ccccc2)c2ccccc21. The predicted octanol–water partition coefficient (Wildman–Crippen LogP) is 4.43. The van der Waals surface area contributed by atoms with E-state index in [0.717, 1.165) is 16.7 Å². The molecule has 0 radical (unpaired) electrons. The summed E-state index contributed by atoms with van der Waals surface area (Å²) < 4.78 is 1.62. The molecule has 1 heterocycles. The highest BCUT2D eigenvalue weighted by Gasteiger charge is 2.13. The first-order valence-corrected chi connectivity index (χ1v) is 8.65. The van der Waals surface area contributed by atoms with E-state index >= 15 is 0 Å². The highest BCUT2D eigenvalue weighted by molar-refractivity contribution is 7.99. The molecule has 0 aliphatic carbocycles. The van der Waals surface area contributed by atoms with Crippen LogP contribution in [0.5, 0.6) is 5.88 Å². The Kier molecular flexibility index (Phi) is 4.96. The van der Waals surface area contributed by atoms with Gasteiger partial charge in [-0.2, -0.15) is 0 Å². The molecule has 3 rings (SSSR count). The van der Waals surface area contributed by atoms with E-state index < -0.39 is 0 Å². The molecule has 1 aromatic heterocycles. The lowest BCUT2D eigenvalue weighted by molar-refractivity contribution is -0.115. The Morgan fingerprint density at radius 3 is 2.62 bits per heavy atom. The summed E-state index contributed by atoms with van der Waals surface area (Å²) in [6.45, 7) is 0. The van der Waals surface area contributed by atoms with Crippen LogP contribution in [0, 0.1) is 0 Å². The second-order valence-electron chi connectivity index (χ2n) is 5.32. The fraction of sp³-hybridized carbons (Fsp3) is 0.167. The van der Waals surface area contributed by atoms with Crippen molar-refractivity contribution in [1.29, 1.82) is 0 Å². The maximum absolute atomic E-state index is 11.9. The standard InChI is InChI=1S/C18H17N3O2S/c1-21-15-10-6-5-9-14(15)17(18(21)23)20-19-16(22)12-24-11-13-7-3-2-4-8-13/h2-10,23H,11-12H2,1H3. The van der Waals surface area contributed by atoms with Crippen molar-refractivity contribution >= 4 is 34.3 Å². The molecule has 24 heavy (non-hydrogen) atoms. The largest absolute Gasteiger partial charge is 0.493 e. The van der Waals surface area contributed by atoms with E-state index in [4.69, 9.17) is 0 Å². The number of nitrogens with zero attached hydrogens (tertiary/aromatic N) is 3. The van der Waals surface area contributed by atoms with Crippen molar-refractivity contribution in [3.05, 3.63) is 60.2 Å². The number of azo groups is 1. The molecule has 1 amide bonds. The summed E-state index contributed by atoms with van der Waals surface area (Å²) in [5.41, 5.74) is 2.34. The van der Waals surface area contributed by atoms with Gasteiger partial charge in [-0.25, -0.2) is 0 Å². The zero-order valence-corrected chi connectivity index (χ0v) is 14.0. The zero-order valence-electron chi connectivity index (χ0n) is 13.2. The summed E-state index contributed by atoms with van der Waals surface area (Å²) in [7, 11) is 1.74. The van der Waals surface area contributed by atoms with Crippen LogP contribution in [0.15, 0.2) is 64.8 Å². The number of para-hydroxylation sites is 1. The molecule has 0 aliphatic heterocycles. The van der Waals surface area contributed by atoms with Crippen molar-refractivity contribution in [1.82, 2.24) is 4.57 Å². The van der Waals surface area contributed by atoms with E-state index in [0.29, 0.717) is 5.69 Å². The highest BCUT2D eigenvalue weighted by Crippen LogP contribution is 2.37. The van der Waals surface area contributed by atoms with Gasteiger partial charge in [0.05, 0.1) is 11.3 Å². The van der Waals surface area contributed by atoms with Crippen LogP contribution in [0.3, 0.4) is 0 Å². The first-order valence-electron chi connectivity index (χ1n) is 7.49. The summed E-state index contributed by atoms with van der Waals surface area (Å²) in [4.78, 5) is 11.9. The van der Waals surface area contributed by atoms with Crippen molar-refractivity contribution < 1.29 is 9.90 Å². The lowest BCUT2D eigenvalue weighted by Gasteiger charge is -1.98.